The van der Waals surface area contributed by atoms with Crippen LogP contribution >= 0.6 is 0 Å². The molecule has 2 bridgehead atoms. The van der Waals surface area contributed by atoms with E-state index in [1.807, 2.05) is 0 Å². The molecular formula is C13H14F3O8S-. The van der Waals surface area contributed by atoms with E-state index in [2.05, 4.69) is 4.74 Å². The largest absolute Gasteiger partial charge is 0.743 e. The van der Waals surface area contributed by atoms with Crippen molar-refractivity contribution in [3.8, 4) is 0 Å². The summed E-state index contributed by atoms with van der Waals surface area (Å²) in [5, 5.41) is 4.87. The fraction of sp³-hybridized carbons (Fsp3) is 0.846. The molecule has 1 heterocycles. The van der Waals surface area contributed by atoms with Crippen LogP contribution in [0.1, 0.15) is 12.8 Å². The predicted octanol–water partition coefficient (Wildman–Crippen LogP) is -0.436. The van der Waals surface area contributed by atoms with Crippen molar-refractivity contribution in [2.24, 2.45) is 23.7 Å². The number of hydrogen-bond donors (Lipinski definition) is 1. The molecule has 142 valence electrons. The van der Waals surface area contributed by atoms with Crippen molar-refractivity contribution >= 4 is 22.1 Å². The average Bonchev–Trinajstić information content (AvgIpc) is 3.09. The van der Waals surface area contributed by atoms with Crippen molar-refractivity contribution < 1.29 is 50.3 Å². The fourth-order valence-electron chi connectivity index (χ4n) is 4.02. The third kappa shape index (κ3) is 2.70. The van der Waals surface area contributed by atoms with Gasteiger partial charge in [0.25, 0.3) is 0 Å². The van der Waals surface area contributed by atoms with Crippen LogP contribution in [0.2, 0.25) is 0 Å². The van der Waals surface area contributed by atoms with Gasteiger partial charge in [0.15, 0.2) is 16.3 Å². The highest BCUT2D eigenvalue weighted by atomic mass is 32.2. The number of halogens is 3. The van der Waals surface area contributed by atoms with Crippen LogP contribution in [0.25, 0.3) is 0 Å². The zero-order valence-corrected chi connectivity index (χ0v) is 13.3. The van der Waals surface area contributed by atoms with Crippen molar-refractivity contribution in [1.29, 1.82) is 0 Å². The lowest BCUT2D eigenvalue weighted by atomic mass is 9.78. The minimum atomic E-state index is -6.19. The molecule has 8 nitrogen and oxygen atoms in total. The summed E-state index contributed by atoms with van der Waals surface area (Å²) in [5.74, 6) is -4.35. The molecule has 0 aromatic carbocycles. The van der Waals surface area contributed by atoms with E-state index >= 15 is 0 Å². The van der Waals surface area contributed by atoms with Crippen LogP contribution in [0, 0.1) is 23.7 Å². The van der Waals surface area contributed by atoms with Crippen LogP contribution in [0.15, 0.2) is 0 Å². The first kappa shape index (κ1) is 18.4. The van der Waals surface area contributed by atoms with Gasteiger partial charge in [-0.25, -0.2) is 12.8 Å². The molecule has 0 aromatic rings. The molecule has 3 fully saturated rings. The summed E-state index contributed by atoms with van der Waals surface area (Å²) in [7, 11) is -6.19. The number of fused-ring (bicyclic) bond motifs is 1. The van der Waals surface area contributed by atoms with Gasteiger partial charge in [0.2, 0.25) is 0 Å². The molecule has 7 unspecified atom stereocenters. The zero-order chi connectivity index (χ0) is 18.7. The summed E-state index contributed by atoms with van der Waals surface area (Å²) < 4.78 is 79.9. The Morgan fingerprint density at radius 2 is 2.08 bits per heavy atom. The van der Waals surface area contributed by atoms with E-state index in [-0.39, 0.29) is 5.92 Å². The summed E-state index contributed by atoms with van der Waals surface area (Å²) in [6, 6.07) is 0. The van der Waals surface area contributed by atoms with Gasteiger partial charge in [-0.2, -0.15) is 8.78 Å². The maximum Gasteiger partial charge on any atom is 0.364 e. The van der Waals surface area contributed by atoms with Gasteiger partial charge in [0, 0.05) is 18.3 Å². The van der Waals surface area contributed by atoms with Gasteiger partial charge in [0.05, 0.1) is 24.5 Å². The Morgan fingerprint density at radius 3 is 2.68 bits per heavy atom. The highest BCUT2D eigenvalue weighted by molar-refractivity contribution is 7.86. The van der Waals surface area contributed by atoms with Gasteiger partial charge in [0.1, 0.15) is 6.10 Å². The van der Waals surface area contributed by atoms with Crippen LogP contribution in [0.3, 0.4) is 0 Å². The van der Waals surface area contributed by atoms with E-state index in [9.17, 15) is 40.8 Å². The Morgan fingerprint density at radius 1 is 1.44 bits per heavy atom. The van der Waals surface area contributed by atoms with Gasteiger partial charge in [-0.05, 0) is 6.42 Å². The molecular weight excluding hydrogens is 373 g/mol. The van der Waals surface area contributed by atoms with E-state index < -0.39 is 76.5 Å². The third-order valence-electron chi connectivity index (χ3n) is 5.16. The molecule has 7 atom stereocenters. The lowest BCUT2D eigenvalue weighted by molar-refractivity contribution is -0.157. The van der Waals surface area contributed by atoms with Gasteiger partial charge in [-0.3, -0.25) is 9.59 Å². The zero-order valence-electron chi connectivity index (χ0n) is 12.5. The first-order valence-corrected chi connectivity index (χ1v) is 8.90. The van der Waals surface area contributed by atoms with Crippen LogP contribution in [0.5, 0.6) is 0 Å². The standard InChI is InChI=1S/C13H15F3O8S/c14-6(13(15,16)25(20,21)22)1-2-23-11(18)7-4-3-5-8(7)12(19)24-10(5)9(4)17/h4-10,17H,1-3H2,(H,20,21,22)/p-1. The van der Waals surface area contributed by atoms with Crippen molar-refractivity contribution in [2.45, 2.75) is 36.5 Å². The summed E-state index contributed by atoms with van der Waals surface area (Å²) in [6.45, 7) is -0.902. The smallest absolute Gasteiger partial charge is 0.364 e. The maximum absolute atomic E-state index is 13.3. The highest BCUT2D eigenvalue weighted by Crippen LogP contribution is 2.58. The monoisotopic (exact) mass is 387 g/mol. The predicted molar refractivity (Wildman–Crippen MR) is 69.6 cm³/mol. The second-order valence-corrected chi connectivity index (χ2v) is 7.90. The molecule has 1 N–H and O–H groups in total. The number of ether oxygens (including phenoxy) is 2. The lowest BCUT2D eigenvalue weighted by Crippen LogP contribution is -2.42. The molecule has 1 aliphatic heterocycles. The summed E-state index contributed by atoms with van der Waals surface area (Å²) >= 11 is 0. The summed E-state index contributed by atoms with van der Waals surface area (Å²) in [6.07, 6.45) is -5.87. The SMILES string of the molecule is O=C(OCCC(F)C(F)(F)S(=O)(=O)[O-])C1C2CC3C(OC(=O)C31)C2O. The molecule has 0 spiro atoms. The molecule has 3 aliphatic rings. The first-order chi connectivity index (χ1) is 11.5. The van der Waals surface area contributed by atoms with Gasteiger partial charge in [-0.1, -0.05) is 0 Å². The number of esters is 2. The number of aliphatic hydroxyl groups is 1. The second kappa shape index (κ2) is 5.81. The van der Waals surface area contributed by atoms with Gasteiger partial charge < -0.3 is 19.1 Å². The highest BCUT2D eigenvalue weighted by Gasteiger charge is 2.68. The number of rotatable bonds is 6. The minimum absolute atomic E-state index is 0.325. The van der Waals surface area contributed by atoms with Gasteiger partial charge >= 0.3 is 17.2 Å². The minimum Gasteiger partial charge on any atom is -0.743 e. The van der Waals surface area contributed by atoms with E-state index in [4.69, 9.17) is 4.74 Å². The Balaban J connectivity index is 1.58. The molecule has 12 heteroatoms. The molecule has 2 aliphatic carbocycles. The number of carbonyl (C=O) groups excluding carboxylic acids is 2. The lowest BCUT2D eigenvalue weighted by Gasteiger charge is -2.27. The van der Waals surface area contributed by atoms with E-state index in [0.717, 1.165) is 0 Å². The topological polar surface area (TPSA) is 130 Å². The fourth-order valence-corrected chi connectivity index (χ4v) is 4.45. The average molecular weight is 387 g/mol. The molecule has 1 saturated heterocycles. The van der Waals surface area contributed by atoms with Crippen LogP contribution in [-0.2, 0) is 29.2 Å². The van der Waals surface area contributed by atoms with Crippen molar-refractivity contribution in [3.05, 3.63) is 0 Å². The maximum atomic E-state index is 13.3. The number of carbonyl (C=O) groups is 2. The first-order valence-electron chi connectivity index (χ1n) is 7.49. The van der Waals surface area contributed by atoms with E-state index in [1.54, 1.807) is 0 Å². The Bertz CT molecular complexity index is 695. The molecule has 0 amide bonds. The molecule has 3 rings (SSSR count). The van der Waals surface area contributed by atoms with E-state index in [0.29, 0.717) is 6.42 Å². The van der Waals surface area contributed by atoms with Crippen molar-refractivity contribution in [3.63, 3.8) is 0 Å². The van der Waals surface area contributed by atoms with Gasteiger partial charge in [-0.15, -0.1) is 0 Å². The molecule has 25 heavy (non-hydrogen) atoms. The normalized spacial score (nSPS) is 37.9. The molecule has 0 radical (unpaired) electrons. The number of hydrogen-bond acceptors (Lipinski definition) is 8. The summed E-state index contributed by atoms with van der Waals surface area (Å²) in [5.41, 5.74) is 0. The molecule has 0 aromatic heterocycles. The van der Waals surface area contributed by atoms with Crippen LogP contribution in [-0.4, -0.2) is 60.3 Å². The third-order valence-corrected chi connectivity index (χ3v) is 6.08. The van der Waals surface area contributed by atoms with E-state index in [1.165, 1.54) is 0 Å². The Labute approximate surface area is 140 Å². The summed E-state index contributed by atoms with van der Waals surface area (Å²) in [4.78, 5) is 23.9. The molecule has 2 saturated carbocycles. The Kier molecular flexibility index (Phi) is 4.27. The van der Waals surface area contributed by atoms with Crippen LogP contribution in [0.4, 0.5) is 13.2 Å². The van der Waals surface area contributed by atoms with Crippen LogP contribution < -0.4 is 0 Å². The quantitative estimate of drug-likeness (QED) is 0.480. The number of alkyl halides is 3. The number of aliphatic hydroxyl groups excluding tert-OH is 1. The van der Waals surface area contributed by atoms with Crippen molar-refractivity contribution in [2.75, 3.05) is 6.61 Å². The van der Waals surface area contributed by atoms with Crippen molar-refractivity contribution in [1.82, 2.24) is 0 Å². The Hall–Kier alpha value is -1.40. The second-order valence-electron chi connectivity index (χ2n) is 6.45.